The van der Waals surface area contributed by atoms with Gasteiger partial charge in [-0.3, -0.25) is 0 Å². The first kappa shape index (κ1) is 19.0. The van der Waals surface area contributed by atoms with Gasteiger partial charge >= 0.3 is 5.97 Å². The number of carbonyl (C=O) groups is 1. The molecule has 1 N–H and O–H groups in total. The Hall–Kier alpha value is -2.03. The van der Waals surface area contributed by atoms with Gasteiger partial charge in [-0.1, -0.05) is 63.3 Å². The maximum atomic E-state index is 10.6. The molecule has 23 heavy (non-hydrogen) atoms. The third-order valence-electron chi connectivity index (χ3n) is 3.80. The minimum atomic E-state index is -0.921. The zero-order chi connectivity index (χ0) is 16.9. The summed E-state index contributed by atoms with van der Waals surface area (Å²) < 4.78 is 5.19. The van der Waals surface area contributed by atoms with Crippen LogP contribution in [-0.2, 0) is 4.79 Å². The van der Waals surface area contributed by atoms with Crippen molar-refractivity contribution in [2.45, 2.75) is 51.9 Å². The molecular formula is C20H28O3. The van der Waals surface area contributed by atoms with Crippen LogP contribution in [0.3, 0.4) is 0 Å². The van der Waals surface area contributed by atoms with Crippen LogP contribution in [0, 0.1) is 0 Å². The first-order valence-electron chi connectivity index (χ1n) is 8.42. The quantitative estimate of drug-likeness (QED) is 0.334. The van der Waals surface area contributed by atoms with Gasteiger partial charge in [-0.2, -0.15) is 0 Å². The molecule has 3 heteroatoms. The van der Waals surface area contributed by atoms with Crippen LogP contribution in [0.5, 0.6) is 5.75 Å². The van der Waals surface area contributed by atoms with Crippen LogP contribution in [0.2, 0.25) is 0 Å². The summed E-state index contributed by atoms with van der Waals surface area (Å²) in [4.78, 5) is 10.6. The molecule has 0 radical (unpaired) electrons. The Morgan fingerprint density at radius 1 is 1.09 bits per heavy atom. The molecule has 3 nitrogen and oxygen atoms in total. The summed E-state index contributed by atoms with van der Waals surface area (Å²) in [5, 5.41) is 8.73. The van der Waals surface area contributed by atoms with E-state index in [-0.39, 0.29) is 0 Å². The van der Waals surface area contributed by atoms with Crippen LogP contribution in [0.25, 0.3) is 5.57 Å². The molecule has 0 unspecified atom stereocenters. The van der Waals surface area contributed by atoms with Gasteiger partial charge in [-0.15, -0.1) is 0 Å². The number of carboxylic acids is 1. The maximum Gasteiger partial charge on any atom is 0.328 e. The number of methoxy groups -OCH3 is 1. The third kappa shape index (κ3) is 8.24. The summed E-state index contributed by atoms with van der Waals surface area (Å²) in [7, 11) is 1.65. The first-order valence-corrected chi connectivity index (χ1v) is 8.42. The predicted molar refractivity (Wildman–Crippen MR) is 95.7 cm³/mol. The van der Waals surface area contributed by atoms with Gasteiger partial charge in [-0.05, 0) is 36.1 Å². The molecule has 1 aromatic rings. The van der Waals surface area contributed by atoms with Gasteiger partial charge in [0, 0.05) is 6.08 Å². The van der Waals surface area contributed by atoms with E-state index in [0.29, 0.717) is 0 Å². The van der Waals surface area contributed by atoms with Crippen molar-refractivity contribution >= 4 is 11.5 Å². The summed E-state index contributed by atoms with van der Waals surface area (Å²) >= 11 is 0. The van der Waals surface area contributed by atoms with E-state index in [1.54, 1.807) is 13.2 Å². The number of unbranched alkanes of at least 4 members (excludes halogenated alkanes) is 5. The van der Waals surface area contributed by atoms with Crippen LogP contribution in [0.1, 0.15) is 57.4 Å². The van der Waals surface area contributed by atoms with E-state index >= 15 is 0 Å². The maximum absolute atomic E-state index is 10.6. The number of rotatable bonds is 11. The Bertz CT molecular complexity index is 512. The lowest BCUT2D eigenvalue weighted by Gasteiger charge is -2.09. The normalized spacial score (nSPS) is 11.8. The smallest absolute Gasteiger partial charge is 0.328 e. The van der Waals surface area contributed by atoms with E-state index in [1.807, 2.05) is 30.3 Å². The van der Waals surface area contributed by atoms with Crippen LogP contribution < -0.4 is 4.74 Å². The molecule has 0 aliphatic carbocycles. The molecule has 0 saturated carbocycles. The van der Waals surface area contributed by atoms with Gasteiger partial charge in [0.25, 0.3) is 0 Å². The topological polar surface area (TPSA) is 46.5 Å². The largest absolute Gasteiger partial charge is 0.497 e. The molecule has 0 atom stereocenters. The van der Waals surface area contributed by atoms with Gasteiger partial charge < -0.3 is 9.84 Å². The number of hydrogen-bond acceptors (Lipinski definition) is 2. The Kier molecular flexibility index (Phi) is 9.53. The first-order chi connectivity index (χ1) is 11.2. The molecule has 0 heterocycles. The average Bonchev–Trinajstić information content (AvgIpc) is 2.56. The van der Waals surface area contributed by atoms with Crippen LogP contribution in [0.4, 0.5) is 0 Å². The molecule has 0 aromatic heterocycles. The van der Waals surface area contributed by atoms with E-state index in [9.17, 15) is 4.79 Å². The minimum Gasteiger partial charge on any atom is -0.497 e. The highest BCUT2D eigenvalue weighted by molar-refractivity contribution is 5.81. The zero-order valence-corrected chi connectivity index (χ0v) is 14.3. The van der Waals surface area contributed by atoms with Crippen molar-refractivity contribution in [3.8, 4) is 5.75 Å². The van der Waals surface area contributed by atoms with E-state index in [2.05, 4.69) is 6.92 Å². The summed E-state index contributed by atoms with van der Waals surface area (Å²) in [5.74, 6) is -0.0939. The van der Waals surface area contributed by atoms with Gasteiger partial charge in [0.1, 0.15) is 5.75 Å². The molecular weight excluding hydrogens is 288 g/mol. The molecule has 0 bridgehead atoms. The Morgan fingerprint density at radius 2 is 1.74 bits per heavy atom. The number of benzene rings is 1. The number of hydrogen-bond donors (Lipinski definition) is 1. The van der Waals surface area contributed by atoms with Crippen LogP contribution in [-0.4, -0.2) is 18.2 Å². The number of ether oxygens (including phenoxy) is 1. The number of aliphatic carboxylic acids is 1. The molecule has 0 saturated heterocycles. The second-order valence-corrected chi connectivity index (χ2v) is 5.64. The Labute approximate surface area is 139 Å². The highest BCUT2D eigenvalue weighted by atomic mass is 16.5. The van der Waals surface area contributed by atoms with Crippen molar-refractivity contribution in [2.75, 3.05) is 7.11 Å². The fraction of sp³-hybridized carbons (Fsp3) is 0.450. The predicted octanol–water partition coefficient (Wildman–Crippen LogP) is 5.47. The summed E-state index contributed by atoms with van der Waals surface area (Å²) in [5.41, 5.74) is 2.29. The van der Waals surface area contributed by atoms with E-state index in [0.717, 1.165) is 24.2 Å². The van der Waals surface area contributed by atoms with E-state index in [1.165, 1.54) is 43.8 Å². The van der Waals surface area contributed by atoms with Gasteiger partial charge in [0.05, 0.1) is 7.11 Å². The molecule has 0 spiro atoms. The standard InChI is InChI=1S/C20H28O3/c1-3-4-5-6-7-8-10-17(11-9-12-20(21)22)18-13-15-19(23-2)16-14-18/h9,11-16H,3-8,10H2,1-2H3,(H,21,22)/b12-9+,17-11-. The number of allylic oxidation sites excluding steroid dienone is 3. The fourth-order valence-corrected chi connectivity index (χ4v) is 2.47. The Balaban J connectivity index is 2.66. The lowest BCUT2D eigenvalue weighted by Crippen LogP contribution is -1.89. The average molecular weight is 316 g/mol. The van der Waals surface area contributed by atoms with Crippen molar-refractivity contribution in [2.24, 2.45) is 0 Å². The number of carboxylic acid groups (broad SMARTS) is 1. The SMILES string of the molecule is CCCCCCCC/C(=C/C=C/C(=O)O)c1ccc(OC)cc1. The molecule has 0 aliphatic heterocycles. The van der Waals surface area contributed by atoms with Gasteiger partial charge in [0.15, 0.2) is 0 Å². The molecule has 0 fully saturated rings. The van der Waals surface area contributed by atoms with Gasteiger partial charge in [0.2, 0.25) is 0 Å². The summed E-state index contributed by atoms with van der Waals surface area (Å²) in [6.07, 6.45) is 13.1. The summed E-state index contributed by atoms with van der Waals surface area (Å²) in [6.45, 7) is 2.22. The van der Waals surface area contributed by atoms with E-state index < -0.39 is 5.97 Å². The van der Waals surface area contributed by atoms with E-state index in [4.69, 9.17) is 9.84 Å². The van der Waals surface area contributed by atoms with Crippen LogP contribution in [0.15, 0.2) is 42.5 Å². The molecule has 126 valence electrons. The van der Waals surface area contributed by atoms with Gasteiger partial charge in [-0.25, -0.2) is 4.79 Å². The van der Waals surface area contributed by atoms with Crippen molar-refractivity contribution in [3.63, 3.8) is 0 Å². The summed E-state index contributed by atoms with van der Waals surface area (Å²) in [6, 6.07) is 7.92. The van der Waals surface area contributed by atoms with Crippen molar-refractivity contribution in [1.29, 1.82) is 0 Å². The lowest BCUT2D eigenvalue weighted by molar-refractivity contribution is -0.131. The lowest BCUT2D eigenvalue weighted by atomic mass is 9.98. The third-order valence-corrected chi connectivity index (χ3v) is 3.80. The second-order valence-electron chi connectivity index (χ2n) is 5.64. The van der Waals surface area contributed by atoms with Crippen LogP contribution >= 0.6 is 0 Å². The van der Waals surface area contributed by atoms with Crippen molar-refractivity contribution in [1.82, 2.24) is 0 Å². The molecule has 0 aliphatic rings. The zero-order valence-electron chi connectivity index (χ0n) is 14.3. The Morgan fingerprint density at radius 3 is 2.35 bits per heavy atom. The monoisotopic (exact) mass is 316 g/mol. The molecule has 0 amide bonds. The highest BCUT2D eigenvalue weighted by Gasteiger charge is 2.02. The molecule has 1 rings (SSSR count). The van der Waals surface area contributed by atoms with Crippen molar-refractivity contribution < 1.29 is 14.6 Å². The fourth-order valence-electron chi connectivity index (χ4n) is 2.47. The second kappa shape index (κ2) is 11.5. The molecule has 1 aromatic carbocycles. The van der Waals surface area contributed by atoms with Crippen molar-refractivity contribution in [3.05, 3.63) is 48.1 Å². The highest BCUT2D eigenvalue weighted by Crippen LogP contribution is 2.24. The minimum absolute atomic E-state index is 0.828.